The van der Waals surface area contributed by atoms with Crippen molar-refractivity contribution < 1.29 is 18.7 Å². The molecule has 2 aromatic rings. The van der Waals surface area contributed by atoms with Crippen LogP contribution in [0.2, 0.25) is 5.02 Å². The molecule has 0 aliphatic rings. The average molecular weight is 395 g/mol. The molecule has 8 heteroatoms. The van der Waals surface area contributed by atoms with Crippen LogP contribution in [0, 0.1) is 5.82 Å². The highest BCUT2D eigenvalue weighted by Crippen LogP contribution is 2.10. The van der Waals surface area contributed by atoms with Crippen LogP contribution in [0.15, 0.2) is 48.5 Å². The van der Waals surface area contributed by atoms with Gasteiger partial charge in [0.1, 0.15) is 11.9 Å². The van der Waals surface area contributed by atoms with Crippen LogP contribution >= 0.6 is 23.8 Å². The molecule has 0 aliphatic heterocycles. The molecule has 1 unspecified atom stereocenters. The zero-order valence-corrected chi connectivity index (χ0v) is 15.4. The van der Waals surface area contributed by atoms with E-state index in [1.165, 1.54) is 25.3 Å². The van der Waals surface area contributed by atoms with Crippen molar-refractivity contribution in [2.24, 2.45) is 0 Å². The van der Waals surface area contributed by atoms with Gasteiger partial charge in [-0.1, -0.05) is 29.8 Å². The lowest BCUT2D eigenvalue weighted by Gasteiger charge is -2.18. The smallest absolute Gasteiger partial charge is 0.328 e. The van der Waals surface area contributed by atoms with Crippen LogP contribution in [0.5, 0.6) is 0 Å². The van der Waals surface area contributed by atoms with E-state index in [1.54, 1.807) is 30.3 Å². The highest BCUT2D eigenvalue weighted by Gasteiger charge is 2.21. The molecule has 0 saturated carbocycles. The van der Waals surface area contributed by atoms with Crippen molar-refractivity contribution in [2.45, 2.75) is 12.5 Å². The molecule has 2 N–H and O–H groups in total. The number of methoxy groups -OCH3 is 1. The Morgan fingerprint density at radius 2 is 1.92 bits per heavy atom. The number of thiocarbonyl (C=S) groups is 1. The van der Waals surface area contributed by atoms with Crippen LogP contribution in [0.25, 0.3) is 0 Å². The Balaban J connectivity index is 2.02. The number of esters is 1. The summed E-state index contributed by atoms with van der Waals surface area (Å²) < 4.78 is 17.8. The van der Waals surface area contributed by atoms with Crippen molar-refractivity contribution in [3.8, 4) is 0 Å². The molecule has 5 nitrogen and oxygen atoms in total. The number of hydrogen-bond donors (Lipinski definition) is 2. The predicted octanol–water partition coefficient (Wildman–Crippen LogP) is 2.87. The van der Waals surface area contributed by atoms with Crippen LogP contribution in [-0.4, -0.2) is 30.1 Å². The SMILES string of the molecule is COC(=O)C(Cc1ccc(F)cc1)NC(=S)NC(=O)c1cccc(Cl)c1. The fourth-order valence-electron chi connectivity index (χ4n) is 2.19. The summed E-state index contributed by atoms with van der Waals surface area (Å²) in [6.07, 6.45) is 0.208. The summed E-state index contributed by atoms with van der Waals surface area (Å²) in [5.74, 6) is -1.40. The standard InChI is InChI=1S/C18H16ClFN2O3S/c1-25-17(24)15(9-11-5-7-14(20)8-6-11)21-18(26)22-16(23)12-3-2-4-13(19)10-12/h2-8,10,15H,9H2,1H3,(H2,21,22,23,26). The Bertz CT molecular complexity index is 814. The van der Waals surface area contributed by atoms with Gasteiger partial charge in [0.25, 0.3) is 5.91 Å². The Kier molecular flexibility index (Phi) is 7.06. The molecular formula is C18H16ClFN2O3S. The van der Waals surface area contributed by atoms with Gasteiger partial charge >= 0.3 is 5.97 Å². The first-order valence-corrected chi connectivity index (χ1v) is 8.37. The van der Waals surface area contributed by atoms with Gasteiger partial charge in [-0.3, -0.25) is 10.1 Å². The normalized spacial score (nSPS) is 11.3. The largest absolute Gasteiger partial charge is 0.467 e. The summed E-state index contributed by atoms with van der Waals surface area (Å²) in [5.41, 5.74) is 1.04. The molecule has 0 saturated heterocycles. The van der Waals surface area contributed by atoms with Crippen LogP contribution < -0.4 is 10.6 Å². The number of carbonyl (C=O) groups excluding carboxylic acids is 2. The topological polar surface area (TPSA) is 67.4 Å². The minimum atomic E-state index is -0.836. The van der Waals surface area contributed by atoms with Crippen LogP contribution in [-0.2, 0) is 16.0 Å². The zero-order chi connectivity index (χ0) is 19.1. The zero-order valence-electron chi connectivity index (χ0n) is 13.8. The first-order chi connectivity index (χ1) is 12.4. The number of rotatable bonds is 5. The van der Waals surface area contributed by atoms with E-state index in [-0.39, 0.29) is 17.4 Å². The fourth-order valence-corrected chi connectivity index (χ4v) is 2.62. The van der Waals surface area contributed by atoms with E-state index in [2.05, 4.69) is 10.6 Å². The van der Waals surface area contributed by atoms with E-state index < -0.39 is 17.9 Å². The molecule has 26 heavy (non-hydrogen) atoms. The molecule has 1 amide bonds. The molecule has 0 bridgehead atoms. The summed E-state index contributed by atoms with van der Waals surface area (Å²) in [5, 5.41) is 5.61. The molecule has 136 valence electrons. The molecule has 0 fully saturated rings. The van der Waals surface area contributed by atoms with Gasteiger partial charge in [0.15, 0.2) is 5.11 Å². The molecule has 1 atom stereocenters. The molecule has 2 rings (SSSR count). The Morgan fingerprint density at radius 1 is 1.23 bits per heavy atom. The summed E-state index contributed by atoms with van der Waals surface area (Å²) in [7, 11) is 1.25. The second-order valence-electron chi connectivity index (χ2n) is 5.34. The van der Waals surface area contributed by atoms with E-state index in [4.69, 9.17) is 28.6 Å². The van der Waals surface area contributed by atoms with Crippen LogP contribution in [0.1, 0.15) is 15.9 Å². The highest BCUT2D eigenvalue weighted by molar-refractivity contribution is 7.80. The second-order valence-corrected chi connectivity index (χ2v) is 6.19. The van der Waals surface area contributed by atoms with Crippen molar-refractivity contribution in [3.05, 3.63) is 70.5 Å². The third-order valence-electron chi connectivity index (χ3n) is 3.46. The predicted molar refractivity (Wildman–Crippen MR) is 101 cm³/mol. The number of amides is 1. The second kappa shape index (κ2) is 9.26. The maximum Gasteiger partial charge on any atom is 0.328 e. The Morgan fingerprint density at radius 3 is 2.54 bits per heavy atom. The Hall–Kier alpha value is -2.51. The maximum absolute atomic E-state index is 13.0. The number of hydrogen-bond acceptors (Lipinski definition) is 4. The quantitative estimate of drug-likeness (QED) is 0.603. The number of halogens is 2. The van der Waals surface area contributed by atoms with Gasteiger partial charge in [-0.15, -0.1) is 0 Å². The third kappa shape index (κ3) is 5.79. The van der Waals surface area contributed by atoms with Gasteiger partial charge in [0.2, 0.25) is 0 Å². The van der Waals surface area contributed by atoms with Crippen LogP contribution in [0.4, 0.5) is 4.39 Å². The van der Waals surface area contributed by atoms with Gasteiger partial charge in [0, 0.05) is 17.0 Å². The highest BCUT2D eigenvalue weighted by atomic mass is 35.5. The molecule has 0 spiro atoms. The van der Waals surface area contributed by atoms with Gasteiger partial charge < -0.3 is 10.1 Å². The Labute approximate surface area is 160 Å². The van der Waals surface area contributed by atoms with Crippen LogP contribution in [0.3, 0.4) is 0 Å². The van der Waals surface area contributed by atoms with Crippen molar-refractivity contribution in [1.29, 1.82) is 0 Å². The van der Waals surface area contributed by atoms with Crippen molar-refractivity contribution in [3.63, 3.8) is 0 Å². The number of nitrogens with one attached hydrogen (secondary N) is 2. The first-order valence-electron chi connectivity index (χ1n) is 7.58. The van der Waals surface area contributed by atoms with E-state index in [0.29, 0.717) is 16.1 Å². The van der Waals surface area contributed by atoms with E-state index in [0.717, 1.165) is 0 Å². The van der Waals surface area contributed by atoms with Crippen molar-refractivity contribution >= 4 is 40.8 Å². The van der Waals surface area contributed by atoms with Gasteiger partial charge in [-0.25, -0.2) is 9.18 Å². The molecule has 0 aliphatic carbocycles. The van der Waals surface area contributed by atoms with E-state index in [1.807, 2.05) is 0 Å². The molecule has 0 heterocycles. The summed E-state index contributed by atoms with van der Waals surface area (Å²) in [4.78, 5) is 24.1. The lowest BCUT2D eigenvalue weighted by atomic mass is 10.1. The number of benzene rings is 2. The fraction of sp³-hybridized carbons (Fsp3) is 0.167. The first kappa shape index (κ1) is 19.8. The minimum absolute atomic E-state index is 0.0347. The van der Waals surface area contributed by atoms with E-state index in [9.17, 15) is 14.0 Å². The summed E-state index contributed by atoms with van der Waals surface area (Å²) >= 11 is 11.0. The lowest BCUT2D eigenvalue weighted by Crippen LogP contribution is -2.49. The van der Waals surface area contributed by atoms with Crippen molar-refractivity contribution in [1.82, 2.24) is 10.6 Å². The molecular weight excluding hydrogens is 379 g/mol. The van der Waals surface area contributed by atoms with Gasteiger partial charge in [-0.05, 0) is 48.1 Å². The molecule has 0 radical (unpaired) electrons. The monoisotopic (exact) mass is 394 g/mol. The number of ether oxygens (including phenoxy) is 1. The molecule has 2 aromatic carbocycles. The third-order valence-corrected chi connectivity index (χ3v) is 3.91. The minimum Gasteiger partial charge on any atom is -0.467 e. The van der Waals surface area contributed by atoms with E-state index >= 15 is 0 Å². The van der Waals surface area contributed by atoms with Gasteiger partial charge in [0.05, 0.1) is 7.11 Å². The lowest BCUT2D eigenvalue weighted by molar-refractivity contribution is -0.142. The average Bonchev–Trinajstić information content (AvgIpc) is 2.62. The summed E-state index contributed by atoms with van der Waals surface area (Å²) in [6.45, 7) is 0. The maximum atomic E-state index is 13.0. The van der Waals surface area contributed by atoms with Gasteiger partial charge in [-0.2, -0.15) is 0 Å². The van der Waals surface area contributed by atoms with Crippen molar-refractivity contribution in [2.75, 3.05) is 7.11 Å². The summed E-state index contributed by atoms with van der Waals surface area (Å²) in [6, 6.07) is 11.2. The molecule has 0 aromatic heterocycles. The number of carbonyl (C=O) groups is 2.